The van der Waals surface area contributed by atoms with Gasteiger partial charge < -0.3 is 4.90 Å². The van der Waals surface area contributed by atoms with Crippen molar-refractivity contribution in [3.8, 4) is 6.07 Å². The Labute approximate surface area is 92.1 Å². The smallest absolute Gasteiger partial charge is 0.0842 e. The highest BCUT2D eigenvalue weighted by atomic mass is 15.1. The zero-order valence-corrected chi connectivity index (χ0v) is 9.91. The summed E-state index contributed by atoms with van der Waals surface area (Å²) < 4.78 is 0. The van der Waals surface area contributed by atoms with Crippen LogP contribution in [0.2, 0.25) is 0 Å². The molecule has 0 aromatic heterocycles. The molecule has 0 aliphatic heterocycles. The van der Waals surface area contributed by atoms with Gasteiger partial charge in [-0.1, -0.05) is 23.8 Å². The number of aryl methyl sites for hydroxylation is 2. The number of nitriles is 1. The third-order valence-corrected chi connectivity index (χ3v) is 2.50. The number of hydrogen-bond donors (Lipinski definition) is 0. The Morgan fingerprint density at radius 2 is 2.00 bits per heavy atom. The molecule has 0 radical (unpaired) electrons. The van der Waals surface area contributed by atoms with Crippen LogP contribution in [0.5, 0.6) is 0 Å². The molecule has 1 atom stereocenters. The van der Waals surface area contributed by atoms with Gasteiger partial charge in [0.05, 0.1) is 12.0 Å². The van der Waals surface area contributed by atoms with E-state index >= 15 is 0 Å². The number of likely N-dealkylation sites (N-methyl/N-ethyl adjacent to an activating group) is 1. The lowest BCUT2D eigenvalue weighted by Crippen LogP contribution is -2.19. The summed E-state index contributed by atoms with van der Waals surface area (Å²) in [4.78, 5) is 2.05. The zero-order chi connectivity index (χ0) is 11.4. The molecule has 0 amide bonds. The Kier molecular flexibility index (Phi) is 3.88. The molecule has 0 spiro atoms. The van der Waals surface area contributed by atoms with Crippen LogP contribution >= 0.6 is 0 Å². The Morgan fingerprint density at radius 3 is 2.47 bits per heavy atom. The number of nitrogens with zero attached hydrogens (tertiary/aromatic N) is 2. The summed E-state index contributed by atoms with van der Waals surface area (Å²) >= 11 is 0. The predicted molar refractivity (Wildman–Crippen MR) is 62.8 cm³/mol. The fourth-order valence-corrected chi connectivity index (χ4v) is 1.79. The Balaban J connectivity index is 2.98. The van der Waals surface area contributed by atoms with Gasteiger partial charge in [-0.2, -0.15) is 5.26 Å². The number of hydrogen-bond acceptors (Lipinski definition) is 2. The van der Waals surface area contributed by atoms with Gasteiger partial charge in [-0.05, 0) is 39.1 Å². The number of benzene rings is 1. The van der Waals surface area contributed by atoms with Crippen molar-refractivity contribution in [3.63, 3.8) is 0 Å². The van der Waals surface area contributed by atoms with Crippen LogP contribution in [0.1, 0.15) is 22.6 Å². The predicted octanol–water partition coefficient (Wildman–Crippen LogP) is 2.47. The van der Waals surface area contributed by atoms with E-state index in [0.29, 0.717) is 0 Å². The highest BCUT2D eigenvalue weighted by Gasteiger charge is 2.13. The minimum atomic E-state index is -0.0272. The van der Waals surface area contributed by atoms with Crippen LogP contribution in [-0.4, -0.2) is 25.5 Å². The van der Waals surface area contributed by atoms with Gasteiger partial charge in [-0.3, -0.25) is 0 Å². The van der Waals surface area contributed by atoms with Crippen molar-refractivity contribution in [2.45, 2.75) is 19.8 Å². The molecule has 1 rings (SSSR count). The largest absolute Gasteiger partial charge is 0.308 e. The van der Waals surface area contributed by atoms with E-state index in [9.17, 15) is 0 Å². The molecule has 0 saturated carbocycles. The van der Waals surface area contributed by atoms with Gasteiger partial charge in [0.1, 0.15) is 0 Å². The first-order chi connectivity index (χ1) is 7.04. The van der Waals surface area contributed by atoms with Gasteiger partial charge in [0, 0.05) is 6.54 Å². The minimum Gasteiger partial charge on any atom is -0.308 e. The molecule has 15 heavy (non-hydrogen) atoms. The van der Waals surface area contributed by atoms with Crippen LogP contribution in [0.4, 0.5) is 0 Å². The molecule has 0 aliphatic rings. The summed E-state index contributed by atoms with van der Waals surface area (Å²) in [5.41, 5.74) is 3.61. The molecule has 0 fully saturated rings. The molecule has 2 heteroatoms. The minimum absolute atomic E-state index is 0.0272. The quantitative estimate of drug-likeness (QED) is 0.753. The molecule has 0 bridgehead atoms. The molecule has 0 heterocycles. The van der Waals surface area contributed by atoms with E-state index in [1.54, 1.807) is 0 Å². The lowest BCUT2D eigenvalue weighted by molar-refractivity contribution is 0.398. The van der Waals surface area contributed by atoms with Crippen LogP contribution in [0.3, 0.4) is 0 Å². The fourth-order valence-electron chi connectivity index (χ4n) is 1.79. The molecule has 0 aliphatic carbocycles. The van der Waals surface area contributed by atoms with Gasteiger partial charge in [0.15, 0.2) is 0 Å². The Morgan fingerprint density at radius 1 is 1.33 bits per heavy atom. The summed E-state index contributed by atoms with van der Waals surface area (Å²) in [7, 11) is 3.99. The molecule has 0 saturated heterocycles. The standard InChI is InChI=1S/C13H18N2/c1-10-5-6-13(11(2)7-10)12(8-14)9-15(3)4/h5-7,12H,9H2,1-4H3. The highest BCUT2D eigenvalue weighted by molar-refractivity contribution is 5.36. The highest BCUT2D eigenvalue weighted by Crippen LogP contribution is 2.20. The van der Waals surface area contributed by atoms with Crippen molar-refractivity contribution >= 4 is 0 Å². The first kappa shape index (κ1) is 11.7. The summed E-state index contributed by atoms with van der Waals surface area (Å²) in [6, 6.07) is 8.65. The average molecular weight is 202 g/mol. The number of rotatable bonds is 3. The van der Waals surface area contributed by atoms with Gasteiger partial charge in [-0.25, -0.2) is 0 Å². The van der Waals surface area contributed by atoms with E-state index in [1.807, 2.05) is 19.0 Å². The summed E-state index contributed by atoms with van der Waals surface area (Å²) in [6.07, 6.45) is 0. The Hall–Kier alpha value is -1.33. The van der Waals surface area contributed by atoms with Gasteiger partial charge >= 0.3 is 0 Å². The van der Waals surface area contributed by atoms with E-state index in [0.717, 1.165) is 12.1 Å². The monoisotopic (exact) mass is 202 g/mol. The van der Waals surface area contributed by atoms with Crippen LogP contribution in [0.25, 0.3) is 0 Å². The molecule has 2 nitrogen and oxygen atoms in total. The second-order valence-corrected chi connectivity index (χ2v) is 4.30. The van der Waals surface area contributed by atoms with Gasteiger partial charge in [0.2, 0.25) is 0 Å². The van der Waals surface area contributed by atoms with Crippen molar-refractivity contribution in [1.82, 2.24) is 4.90 Å². The topological polar surface area (TPSA) is 27.0 Å². The maximum absolute atomic E-state index is 9.15. The van der Waals surface area contributed by atoms with Gasteiger partial charge in [0.25, 0.3) is 0 Å². The van der Waals surface area contributed by atoms with Gasteiger partial charge in [-0.15, -0.1) is 0 Å². The van der Waals surface area contributed by atoms with Crippen molar-refractivity contribution in [1.29, 1.82) is 5.26 Å². The molecule has 0 N–H and O–H groups in total. The molecular weight excluding hydrogens is 184 g/mol. The van der Waals surface area contributed by atoms with E-state index in [-0.39, 0.29) is 5.92 Å². The third kappa shape index (κ3) is 3.07. The van der Waals surface area contributed by atoms with E-state index in [2.05, 4.69) is 38.1 Å². The normalized spacial score (nSPS) is 12.5. The maximum Gasteiger partial charge on any atom is 0.0842 e. The molecular formula is C13H18N2. The molecule has 1 aromatic carbocycles. The molecule has 1 unspecified atom stereocenters. The van der Waals surface area contributed by atoms with Crippen LogP contribution in [-0.2, 0) is 0 Å². The maximum atomic E-state index is 9.15. The van der Waals surface area contributed by atoms with E-state index in [4.69, 9.17) is 5.26 Å². The van der Waals surface area contributed by atoms with Crippen molar-refractivity contribution < 1.29 is 0 Å². The molecule has 80 valence electrons. The average Bonchev–Trinajstić information content (AvgIpc) is 2.14. The van der Waals surface area contributed by atoms with Crippen LogP contribution in [0.15, 0.2) is 18.2 Å². The van der Waals surface area contributed by atoms with Crippen molar-refractivity contribution in [2.24, 2.45) is 0 Å². The van der Waals surface area contributed by atoms with Crippen LogP contribution < -0.4 is 0 Å². The van der Waals surface area contributed by atoms with Crippen LogP contribution in [0, 0.1) is 25.2 Å². The summed E-state index contributed by atoms with van der Waals surface area (Å²) in [5, 5.41) is 9.15. The summed E-state index contributed by atoms with van der Waals surface area (Å²) in [5.74, 6) is -0.0272. The first-order valence-corrected chi connectivity index (χ1v) is 5.16. The Bertz CT molecular complexity index is 375. The van der Waals surface area contributed by atoms with E-state index in [1.165, 1.54) is 11.1 Å². The van der Waals surface area contributed by atoms with Crippen molar-refractivity contribution in [2.75, 3.05) is 20.6 Å². The molecule has 1 aromatic rings. The summed E-state index contributed by atoms with van der Waals surface area (Å²) in [6.45, 7) is 4.92. The lowest BCUT2D eigenvalue weighted by Gasteiger charge is -2.17. The lowest BCUT2D eigenvalue weighted by atomic mass is 9.94. The second-order valence-electron chi connectivity index (χ2n) is 4.30. The first-order valence-electron chi connectivity index (χ1n) is 5.16. The zero-order valence-electron chi connectivity index (χ0n) is 9.91. The van der Waals surface area contributed by atoms with Crippen molar-refractivity contribution in [3.05, 3.63) is 34.9 Å². The second kappa shape index (κ2) is 4.95. The SMILES string of the molecule is Cc1ccc(C(C#N)CN(C)C)c(C)c1. The third-order valence-electron chi connectivity index (χ3n) is 2.50. The fraction of sp³-hybridized carbons (Fsp3) is 0.462. The van der Waals surface area contributed by atoms with E-state index < -0.39 is 0 Å².